The zero-order valence-electron chi connectivity index (χ0n) is 12.2. The van der Waals surface area contributed by atoms with Crippen LogP contribution in [0.2, 0.25) is 0 Å². The molecule has 0 saturated carbocycles. The highest BCUT2D eigenvalue weighted by molar-refractivity contribution is 5.91. The van der Waals surface area contributed by atoms with E-state index in [-0.39, 0.29) is 18.1 Å². The average Bonchev–Trinajstić information content (AvgIpc) is 2.35. The minimum atomic E-state index is -0.299. The van der Waals surface area contributed by atoms with Crippen LogP contribution in [-0.4, -0.2) is 24.7 Å². The molecule has 0 aliphatic heterocycles. The molecule has 1 amide bonds. The van der Waals surface area contributed by atoms with E-state index < -0.39 is 0 Å². The van der Waals surface area contributed by atoms with Crippen molar-refractivity contribution in [2.24, 2.45) is 0 Å². The predicted molar refractivity (Wildman–Crippen MR) is 78.2 cm³/mol. The summed E-state index contributed by atoms with van der Waals surface area (Å²) in [7, 11) is 0. The van der Waals surface area contributed by atoms with Gasteiger partial charge < -0.3 is 15.4 Å². The summed E-state index contributed by atoms with van der Waals surface area (Å²) >= 11 is 0. The van der Waals surface area contributed by atoms with Gasteiger partial charge in [0.25, 0.3) is 0 Å². The van der Waals surface area contributed by atoms with E-state index in [1.165, 1.54) is 5.56 Å². The van der Waals surface area contributed by atoms with Crippen LogP contribution in [0.5, 0.6) is 0 Å². The number of rotatable bonds is 6. The lowest BCUT2D eigenvalue weighted by Gasteiger charge is -2.19. The summed E-state index contributed by atoms with van der Waals surface area (Å²) in [6.45, 7) is 9.72. The van der Waals surface area contributed by atoms with Crippen molar-refractivity contribution >= 4 is 11.6 Å². The Bertz CT molecular complexity index is 394. The van der Waals surface area contributed by atoms with E-state index >= 15 is 0 Å². The highest BCUT2D eigenvalue weighted by Crippen LogP contribution is 2.10. The zero-order valence-corrected chi connectivity index (χ0v) is 12.2. The van der Waals surface area contributed by atoms with Gasteiger partial charge >= 0.3 is 0 Å². The van der Waals surface area contributed by atoms with E-state index in [9.17, 15) is 4.79 Å². The van der Waals surface area contributed by atoms with E-state index in [0.29, 0.717) is 0 Å². The van der Waals surface area contributed by atoms with E-state index in [1.54, 1.807) is 0 Å². The van der Waals surface area contributed by atoms with Gasteiger partial charge in [0.05, 0.1) is 5.60 Å². The first-order valence-electron chi connectivity index (χ1n) is 6.64. The molecule has 0 fully saturated rings. The van der Waals surface area contributed by atoms with Crippen molar-refractivity contribution in [2.45, 2.75) is 39.8 Å². The summed E-state index contributed by atoms with van der Waals surface area (Å²) in [6.07, 6.45) is 0. The van der Waals surface area contributed by atoms with Gasteiger partial charge in [-0.05, 0) is 45.0 Å². The van der Waals surface area contributed by atoms with Crippen LogP contribution in [0.15, 0.2) is 24.3 Å². The largest absolute Gasteiger partial charge is 0.366 e. The number of benzene rings is 1. The summed E-state index contributed by atoms with van der Waals surface area (Å²) in [5.74, 6) is -0.130. The number of ether oxygens (including phenoxy) is 1. The minimum Gasteiger partial charge on any atom is -0.366 e. The molecule has 106 valence electrons. The molecule has 1 aromatic rings. The maximum Gasteiger partial charge on any atom is 0.250 e. The highest BCUT2D eigenvalue weighted by Gasteiger charge is 2.12. The van der Waals surface area contributed by atoms with Gasteiger partial charge in [-0.1, -0.05) is 19.1 Å². The number of carbonyl (C=O) groups excluding carboxylic acids is 1. The summed E-state index contributed by atoms with van der Waals surface area (Å²) < 4.78 is 5.42. The molecule has 0 aliphatic carbocycles. The summed E-state index contributed by atoms with van der Waals surface area (Å²) in [5.41, 5.74) is 1.70. The lowest BCUT2D eigenvalue weighted by molar-refractivity contribution is -0.125. The third-order valence-corrected chi connectivity index (χ3v) is 2.45. The maximum absolute atomic E-state index is 11.7. The Kier molecular flexibility index (Phi) is 5.99. The number of nitrogens with one attached hydrogen (secondary N) is 2. The second-order valence-corrected chi connectivity index (χ2v) is 5.43. The fraction of sp³-hybridized carbons (Fsp3) is 0.533. The molecule has 19 heavy (non-hydrogen) atoms. The third-order valence-electron chi connectivity index (χ3n) is 2.45. The Morgan fingerprint density at radius 1 is 1.21 bits per heavy atom. The number of carbonyl (C=O) groups is 1. The Balaban J connectivity index is 2.42. The first-order chi connectivity index (χ1) is 8.90. The Hall–Kier alpha value is -1.39. The smallest absolute Gasteiger partial charge is 0.250 e. The number of anilines is 1. The predicted octanol–water partition coefficient (Wildman–Crippen LogP) is 2.55. The molecule has 0 spiro atoms. The SMILES string of the molecule is CCNCc1ccc(NC(=O)COC(C)(C)C)cc1. The maximum atomic E-state index is 11.7. The van der Waals surface area contributed by atoms with Crippen molar-refractivity contribution in [3.63, 3.8) is 0 Å². The van der Waals surface area contributed by atoms with E-state index in [1.807, 2.05) is 45.0 Å². The molecule has 0 aliphatic rings. The van der Waals surface area contributed by atoms with E-state index in [2.05, 4.69) is 17.6 Å². The summed E-state index contributed by atoms with van der Waals surface area (Å²) in [6, 6.07) is 7.81. The highest BCUT2D eigenvalue weighted by atomic mass is 16.5. The van der Waals surface area contributed by atoms with Crippen molar-refractivity contribution in [3.8, 4) is 0 Å². The molecule has 2 N–H and O–H groups in total. The molecule has 0 atom stereocenters. The lowest BCUT2D eigenvalue weighted by atomic mass is 10.2. The molecule has 0 saturated heterocycles. The molecule has 0 unspecified atom stereocenters. The first-order valence-corrected chi connectivity index (χ1v) is 6.64. The summed E-state index contributed by atoms with van der Waals surface area (Å²) in [5, 5.41) is 6.07. The molecule has 1 rings (SSSR count). The van der Waals surface area contributed by atoms with Gasteiger partial charge in [0.15, 0.2) is 0 Å². The first kappa shape index (κ1) is 15.7. The molecule has 0 radical (unpaired) electrons. The molecule has 1 aromatic carbocycles. The minimum absolute atomic E-state index is 0.0721. The normalized spacial score (nSPS) is 11.4. The van der Waals surface area contributed by atoms with Gasteiger partial charge in [-0.15, -0.1) is 0 Å². The molecule has 0 aromatic heterocycles. The number of hydrogen-bond acceptors (Lipinski definition) is 3. The van der Waals surface area contributed by atoms with Crippen LogP contribution < -0.4 is 10.6 Å². The lowest BCUT2D eigenvalue weighted by Crippen LogP contribution is -2.27. The van der Waals surface area contributed by atoms with Crippen molar-refractivity contribution in [1.29, 1.82) is 0 Å². The van der Waals surface area contributed by atoms with Gasteiger partial charge in [-0.2, -0.15) is 0 Å². The van der Waals surface area contributed by atoms with E-state index in [4.69, 9.17) is 4.74 Å². The van der Waals surface area contributed by atoms with Crippen LogP contribution >= 0.6 is 0 Å². The molecule has 4 heteroatoms. The fourth-order valence-corrected chi connectivity index (χ4v) is 1.45. The van der Waals surface area contributed by atoms with Crippen LogP contribution in [0, 0.1) is 0 Å². The standard InChI is InChI=1S/C15H24N2O2/c1-5-16-10-12-6-8-13(9-7-12)17-14(18)11-19-15(2,3)4/h6-9,16H,5,10-11H2,1-4H3,(H,17,18). The summed E-state index contributed by atoms with van der Waals surface area (Å²) in [4.78, 5) is 11.7. The van der Waals surface area contributed by atoms with Gasteiger partial charge in [-0.25, -0.2) is 0 Å². The average molecular weight is 264 g/mol. The molecule has 0 bridgehead atoms. The second-order valence-electron chi connectivity index (χ2n) is 5.43. The molecule has 0 heterocycles. The quantitative estimate of drug-likeness (QED) is 0.830. The van der Waals surface area contributed by atoms with E-state index in [0.717, 1.165) is 18.8 Å². The van der Waals surface area contributed by atoms with Crippen molar-refractivity contribution in [2.75, 3.05) is 18.5 Å². The van der Waals surface area contributed by atoms with Crippen LogP contribution in [0.4, 0.5) is 5.69 Å². The molecular formula is C15H24N2O2. The molecule has 4 nitrogen and oxygen atoms in total. The second kappa shape index (κ2) is 7.26. The van der Waals surface area contributed by atoms with Crippen molar-refractivity contribution in [3.05, 3.63) is 29.8 Å². The van der Waals surface area contributed by atoms with Gasteiger partial charge in [0.2, 0.25) is 5.91 Å². The van der Waals surface area contributed by atoms with Crippen LogP contribution in [0.3, 0.4) is 0 Å². The Labute approximate surface area is 115 Å². The Morgan fingerprint density at radius 2 is 1.84 bits per heavy atom. The molecular weight excluding hydrogens is 240 g/mol. The van der Waals surface area contributed by atoms with Gasteiger partial charge in [0.1, 0.15) is 6.61 Å². The van der Waals surface area contributed by atoms with Crippen LogP contribution in [0.1, 0.15) is 33.3 Å². The number of amides is 1. The van der Waals surface area contributed by atoms with Crippen LogP contribution in [0.25, 0.3) is 0 Å². The van der Waals surface area contributed by atoms with Crippen molar-refractivity contribution < 1.29 is 9.53 Å². The zero-order chi connectivity index (χ0) is 14.3. The monoisotopic (exact) mass is 264 g/mol. The third kappa shape index (κ3) is 6.94. The van der Waals surface area contributed by atoms with Crippen molar-refractivity contribution in [1.82, 2.24) is 5.32 Å². The topological polar surface area (TPSA) is 50.4 Å². The van der Waals surface area contributed by atoms with Gasteiger partial charge in [0, 0.05) is 12.2 Å². The number of hydrogen-bond donors (Lipinski definition) is 2. The van der Waals surface area contributed by atoms with Crippen LogP contribution in [-0.2, 0) is 16.1 Å². The fourth-order valence-electron chi connectivity index (χ4n) is 1.45. The Morgan fingerprint density at radius 3 is 2.37 bits per heavy atom. The van der Waals surface area contributed by atoms with Gasteiger partial charge in [-0.3, -0.25) is 4.79 Å².